The summed E-state index contributed by atoms with van der Waals surface area (Å²) in [7, 11) is 2.13. The fourth-order valence-corrected chi connectivity index (χ4v) is 5.11. The summed E-state index contributed by atoms with van der Waals surface area (Å²) < 4.78 is 12.4. The lowest BCUT2D eigenvalue weighted by molar-refractivity contribution is -0.133. The number of piperidine rings is 1. The third-order valence-electron chi connectivity index (χ3n) is 7.26. The highest BCUT2D eigenvalue weighted by Crippen LogP contribution is 2.38. The number of hydrogen-bond acceptors (Lipinski definition) is 4. The Morgan fingerprint density at radius 3 is 2.53 bits per heavy atom. The van der Waals surface area contributed by atoms with Crippen molar-refractivity contribution in [1.82, 2.24) is 9.80 Å². The maximum atomic E-state index is 12.9. The van der Waals surface area contributed by atoms with Crippen molar-refractivity contribution in [3.8, 4) is 5.75 Å². The van der Waals surface area contributed by atoms with Crippen molar-refractivity contribution in [1.29, 1.82) is 0 Å². The molecule has 2 aliphatic rings. The van der Waals surface area contributed by atoms with E-state index in [1.807, 2.05) is 29.2 Å². The van der Waals surface area contributed by atoms with Crippen LogP contribution in [0.1, 0.15) is 43.2 Å². The van der Waals surface area contributed by atoms with Crippen molar-refractivity contribution in [2.75, 3.05) is 46.5 Å². The third-order valence-corrected chi connectivity index (χ3v) is 7.51. The topological polar surface area (TPSA) is 42.0 Å². The third kappa shape index (κ3) is 6.97. The molecule has 0 saturated carbocycles. The quantitative estimate of drug-likeness (QED) is 0.587. The first-order chi connectivity index (χ1) is 16.5. The molecule has 0 aliphatic carbocycles. The van der Waals surface area contributed by atoms with Crippen molar-refractivity contribution in [3.63, 3.8) is 0 Å². The number of carbonyl (C=O) groups is 1. The van der Waals surface area contributed by atoms with Gasteiger partial charge in [-0.1, -0.05) is 48.4 Å². The smallest absolute Gasteiger partial charge is 0.226 e. The fourth-order valence-electron chi connectivity index (χ4n) is 4.99. The highest BCUT2D eigenvalue weighted by molar-refractivity contribution is 6.30. The van der Waals surface area contributed by atoms with Gasteiger partial charge in [0.1, 0.15) is 5.75 Å². The summed E-state index contributed by atoms with van der Waals surface area (Å²) in [6, 6.07) is 15.9. The lowest BCUT2D eigenvalue weighted by Gasteiger charge is -2.42. The number of halogens is 1. The van der Waals surface area contributed by atoms with E-state index in [4.69, 9.17) is 21.1 Å². The Labute approximate surface area is 209 Å². The molecule has 0 aromatic heterocycles. The first-order valence-corrected chi connectivity index (χ1v) is 12.9. The molecule has 5 nitrogen and oxygen atoms in total. The van der Waals surface area contributed by atoms with E-state index in [9.17, 15) is 4.79 Å². The molecular weight excluding hydrogens is 448 g/mol. The number of rotatable bonds is 2. The van der Waals surface area contributed by atoms with Gasteiger partial charge in [0.2, 0.25) is 5.91 Å². The molecule has 6 heteroatoms. The molecule has 0 atom stereocenters. The minimum Gasteiger partial charge on any atom is -0.493 e. The van der Waals surface area contributed by atoms with Gasteiger partial charge in [-0.3, -0.25) is 9.69 Å². The highest BCUT2D eigenvalue weighted by atomic mass is 35.5. The first kappa shape index (κ1) is 25.0. The molecule has 184 valence electrons. The van der Waals surface area contributed by atoms with E-state index in [1.165, 1.54) is 5.56 Å². The van der Waals surface area contributed by atoms with Crippen molar-refractivity contribution in [2.45, 2.75) is 45.1 Å². The van der Waals surface area contributed by atoms with Gasteiger partial charge in [-0.25, -0.2) is 0 Å². The molecule has 2 aromatic rings. The molecule has 1 saturated heterocycles. The Morgan fingerprint density at radius 1 is 0.971 bits per heavy atom. The number of carbonyl (C=O) groups excluding carboxylic acids is 1. The van der Waals surface area contributed by atoms with Crippen LogP contribution in [0.2, 0.25) is 5.02 Å². The normalized spacial score (nSPS) is 20.2. The van der Waals surface area contributed by atoms with Crippen LogP contribution in [0.5, 0.6) is 5.75 Å². The molecule has 1 fully saturated rings. The Hall–Kier alpha value is -2.08. The molecule has 0 unspecified atom stereocenters. The summed E-state index contributed by atoms with van der Waals surface area (Å²) in [5.41, 5.74) is 2.32. The van der Waals surface area contributed by atoms with Gasteiger partial charge in [0.25, 0.3) is 0 Å². The van der Waals surface area contributed by atoms with Gasteiger partial charge >= 0.3 is 0 Å². The zero-order valence-corrected chi connectivity index (χ0v) is 21.1. The van der Waals surface area contributed by atoms with Crippen LogP contribution in [0, 0.1) is 5.41 Å². The van der Waals surface area contributed by atoms with Gasteiger partial charge in [0.15, 0.2) is 0 Å². The molecule has 4 rings (SSSR count). The molecule has 34 heavy (non-hydrogen) atoms. The minimum absolute atomic E-state index is 0.0974. The number of likely N-dealkylation sites (tertiary alicyclic amines) is 1. The number of benzene rings is 2. The highest BCUT2D eigenvalue weighted by Gasteiger charge is 2.36. The van der Waals surface area contributed by atoms with Gasteiger partial charge in [-0.15, -0.1) is 0 Å². The average molecular weight is 485 g/mol. The van der Waals surface area contributed by atoms with Crippen LogP contribution < -0.4 is 4.74 Å². The number of amides is 1. The lowest BCUT2D eigenvalue weighted by Crippen LogP contribution is -2.46. The van der Waals surface area contributed by atoms with E-state index in [0.717, 1.165) is 82.8 Å². The van der Waals surface area contributed by atoms with Gasteiger partial charge < -0.3 is 14.4 Å². The standard InChI is InChI=1S/C28H37ClN2O3/c1-30-17-19-33-18-5-4-12-28(22-34-26-7-3-2-6-24(26)21-30)13-15-31(16-14-28)27(32)20-23-8-10-25(29)11-9-23/h2-3,6-11H,4-5,12-22H2,1H3. The maximum Gasteiger partial charge on any atom is 0.226 e. The number of ether oxygens (including phenoxy) is 2. The Balaban J connectivity index is 1.41. The second-order valence-electron chi connectivity index (χ2n) is 9.89. The summed E-state index contributed by atoms with van der Waals surface area (Å²) in [6.07, 6.45) is 5.68. The Morgan fingerprint density at radius 2 is 1.74 bits per heavy atom. The maximum absolute atomic E-state index is 12.9. The van der Waals surface area contributed by atoms with E-state index in [2.05, 4.69) is 36.2 Å². The lowest BCUT2D eigenvalue weighted by atomic mass is 9.75. The minimum atomic E-state index is 0.0974. The number of fused-ring (bicyclic) bond motifs is 1. The summed E-state index contributed by atoms with van der Waals surface area (Å²) in [4.78, 5) is 17.2. The predicted octanol–water partition coefficient (Wildman–Crippen LogP) is 5.20. The van der Waals surface area contributed by atoms with Crippen LogP contribution >= 0.6 is 11.6 Å². The summed E-state index contributed by atoms with van der Waals surface area (Å²) in [5, 5.41) is 0.698. The largest absolute Gasteiger partial charge is 0.493 e. The van der Waals surface area contributed by atoms with Crippen LogP contribution in [0.4, 0.5) is 0 Å². The zero-order valence-electron chi connectivity index (χ0n) is 20.3. The fraction of sp³-hybridized carbons (Fsp3) is 0.536. The van der Waals surface area contributed by atoms with E-state index < -0.39 is 0 Å². The second kappa shape index (κ2) is 12.1. The van der Waals surface area contributed by atoms with Crippen molar-refractivity contribution < 1.29 is 14.3 Å². The van der Waals surface area contributed by atoms with Gasteiger partial charge in [-0.05, 0) is 56.5 Å². The molecule has 1 spiro atoms. The zero-order chi connectivity index (χ0) is 23.8. The van der Waals surface area contributed by atoms with Crippen LogP contribution in [0.15, 0.2) is 48.5 Å². The summed E-state index contributed by atoms with van der Waals surface area (Å²) >= 11 is 5.98. The van der Waals surface area contributed by atoms with E-state index in [1.54, 1.807) is 0 Å². The van der Waals surface area contributed by atoms with Crippen LogP contribution in [0.25, 0.3) is 0 Å². The van der Waals surface area contributed by atoms with Gasteiger partial charge in [0, 0.05) is 48.8 Å². The van der Waals surface area contributed by atoms with Gasteiger partial charge in [-0.2, -0.15) is 0 Å². The molecule has 2 aromatic carbocycles. The molecule has 1 amide bonds. The predicted molar refractivity (Wildman–Crippen MR) is 136 cm³/mol. The summed E-state index contributed by atoms with van der Waals surface area (Å²) in [5.74, 6) is 1.17. The Kier molecular flexibility index (Phi) is 8.87. The number of hydrogen-bond donors (Lipinski definition) is 0. The second-order valence-corrected chi connectivity index (χ2v) is 10.3. The SMILES string of the molecule is CN1CCOCCCCC2(CCN(C(=O)Cc3ccc(Cl)cc3)CC2)COc2ccccc2C1. The number of nitrogens with zero attached hydrogens (tertiary/aromatic N) is 2. The van der Waals surface area contributed by atoms with Gasteiger partial charge in [0.05, 0.1) is 19.6 Å². The first-order valence-electron chi connectivity index (χ1n) is 12.5. The molecular formula is C28H37ClN2O3. The Bertz CT molecular complexity index is 926. The average Bonchev–Trinajstić information content (AvgIpc) is 2.84. The summed E-state index contributed by atoms with van der Waals surface area (Å²) in [6.45, 7) is 5.61. The molecule has 0 radical (unpaired) electrons. The van der Waals surface area contributed by atoms with Crippen LogP contribution in [-0.4, -0.2) is 62.2 Å². The number of para-hydroxylation sites is 1. The van der Waals surface area contributed by atoms with Crippen molar-refractivity contribution >= 4 is 17.5 Å². The van der Waals surface area contributed by atoms with Crippen LogP contribution in [-0.2, 0) is 22.5 Å². The molecule has 0 bridgehead atoms. The molecule has 2 aliphatic heterocycles. The van der Waals surface area contributed by atoms with Crippen molar-refractivity contribution in [3.05, 3.63) is 64.7 Å². The van der Waals surface area contributed by atoms with E-state index >= 15 is 0 Å². The molecule has 2 heterocycles. The molecule has 0 N–H and O–H groups in total. The van der Waals surface area contributed by atoms with Crippen LogP contribution in [0.3, 0.4) is 0 Å². The van der Waals surface area contributed by atoms with E-state index in [-0.39, 0.29) is 11.3 Å². The monoisotopic (exact) mass is 484 g/mol. The number of likely N-dealkylation sites (N-methyl/N-ethyl adjacent to an activating group) is 1. The van der Waals surface area contributed by atoms with E-state index in [0.29, 0.717) is 18.1 Å². The van der Waals surface area contributed by atoms with Crippen molar-refractivity contribution in [2.24, 2.45) is 5.41 Å².